The number of benzene rings is 2. The zero-order chi connectivity index (χ0) is 17.7. The van der Waals surface area contributed by atoms with Crippen molar-refractivity contribution in [3.63, 3.8) is 0 Å². The fourth-order valence-corrected chi connectivity index (χ4v) is 1.97. The maximum absolute atomic E-state index is 12.1. The van der Waals surface area contributed by atoms with Gasteiger partial charge in [0, 0.05) is 28.4 Å². The molecule has 1 amide bonds. The molecule has 0 saturated heterocycles. The van der Waals surface area contributed by atoms with Gasteiger partial charge in [-0.1, -0.05) is 11.6 Å². The number of hydrogen-bond donors (Lipinski definition) is 2. The number of nitro groups is 1. The first-order valence-electron chi connectivity index (χ1n) is 6.57. The second-order valence-electron chi connectivity index (χ2n) is 4.63. The van der Waals surface area contributed by atoms with Crippen molar-refractivity contribution in [2.75, 3.05) is 5.32 Å². The highest BCUT2D eigenvalue weighted by molar-refractivity contribution is 6.32. The van der Waals surface area contributed by atoms with Crippen molar-refractivity contribution in [2.24, 2.45) is 0 Å². The number of amides is 1. The van der Waals surface area contributed by atoms with Crippen molar-refractivity contribution in [3.05, 3.63) is 68.7 Å². The van der Waals surface area contributed by atoms with Crippen LogP contribution >= 0.6 is 11.6 Å². The molecule has 0 saturated carbocycles. The number of nitriles is 1. The molecule has 0 atom stereocenters. The summed E-state index contributed by atoms with van der Waals surface area (Å²) >= 11 is 5.95. The largest absolute Gasteiger partial charge is 0.508 e. The van der Waals surface area contributed by atoms with E-state index in [2.05, 4.69) is 5.32 Å². The Hall–Kier alpha value is -3.37. The lowest BCUT2D eigenvalue weighted by molar-refractivity contribution is -0.384. The molecular weight excluding hydrogens is 334 g/mol. The molecule has 2 N–H and O–H groups in total. The van der Waals surface area contributed by atoms with Gasteiger partial charge in [-0.15, -0.1) is 0 Å². The van der Waals surface area contributed by atoms with Gasteiger partial charge in [0.15, 0.2) is 0 Å². The Bertz CT molecular complexity index is 870. The van der Waals surface area contributed by atoms with E-state index < -0.39 is 10.8 Å². The van der Waals surface area contributed by atoms with Gasteiger partial charge in [0.25, 0.3) is 11.6 Å². The highest BCUT2D eigenvalue weighted by Gasteiger charge is 2.13. The zero-order valence-electron chi connectivity index (χ0n) is 12.1. The van der Waals surface area contributed by atoms with Crippen LogP contribution in [0.5, 0.6) is 5.75 Å². The summed E-state index contributed by atoms with van der Waals surface area (Å²) in [5.41, 5.74) is 0.0831. The third kappa shape index (κ3) is 4.09. The highest BCUT2D eigenvalue weighted by atomic mass is 35.5. The van der Waals surface area contributed by atoms with Crippen LogP contribution in [0.15, 0.2) is 48.0 Å². The van der Waals surface area contributed by atoms with Gasteiger partial charge in [-0.05, 0) is 36.4 Å². The molecule has 2 rings (SSSR count). The fourth-order valence-electron chi connectivity index (χ4n) is 1.80. The summed E-state index contributed by atoms with van der Waals surface area (Å²) in [4.78, 5) is 22.3. The van der Waals surface area contributed by atoms with Crippen LogP contribution in [-0.2, 0) is 4.79 Å². The number of nitrogens with zero attached hydrogens (tertiary/aromatic N) is 2. The molecule has 0 aliphatic rings. The van der Waals surface area contributed by atoms with Crippen molar-refractivity contribution in [2.45, 2.75) is 0 Å². The molecular formula is C16H10ClN3O4. The minimum absolute atomic E-state index is 0.0347. The van der Waals surface area contributed by atoms with E-state index in [-0.39, 0.29) is 27.6 Å². The second kappa shape index (κ2) is 7.26. The minimum Gasteiger partial charge on any atom is -0.508 e. The predicted octanol–water partition coefficient (Wildman–Crippen LogP) is 3.50. The number of nitro benzene ring substituents is 1. The summed E-state index contributed by atoms with van der Waals surface area (Å²) in [7, 11) is 0. The van der Waals surface area contributed by atoms with Gasteiger partial charge < -0.3 is 10.4 Å². The molecule has 2 aromatic rings. The van der Waals surface area contributed by atoms with Gasteiger partial charge in [-0.3, -0.25) is 14.9 Å². The van der Waals surface area contributed by atoms with Crippen LogP contribution < -0.4 is 5.32 Å². The summed E-state index contributed by atoms with van der Waals surface area (Å²) < 4.78 is 0. The third-order valence-corrected chi connectivity index (χ3v) is 3.32. The predicted molar refractivity (Wildman–Crippen MR) is 88.4 cm³/mol. The van der Waals surface area contributed by atoms with E-state index in [1.807, 2.05) is 0 Å². The molecule has 24 heavy (non-hydrogen) atoms. The average molecular weight is 344 g/mol. The lowest BCUT2D eigenvalue weighted by atomic mass is 10.1. The summed E-state index contributed by atoms with van der Waals surface area (Å²) in [6.45, 7) is 0. The molecule has 0 aliphatic heterocycles. The monoisotopic (exact) mass is 343 g/mol. The molecule has 0 bridgehead atoms. The topological polar surface area (TPSA) is 116 Å². The van der Waals surface area contributed by atoms with E-state index in [4.69, 9.17) is 16.9 Å². The first kappa shape index (κ1) is 17.0. The summed E-state index contributed by atoms with van der Waals surface area (Å²) in [6, 6.07) is 11.1. The van der Waals surface area contributed by atoms with Crippen molar-refractivity contribution in [3.8, 4) is 11.8 Å². The van der Waals surface area contributed by atoms with E-state index in [1.54, 1.807) is 6.07 Å². The number of hydrogen-bond acceptors (Lipinski definition) is 5. The third-order valence-electron chi connectivity index (χ3n) is 2.98. The standard InChI is InChI=1S/C16H10ClN3O4/c17-15-6-3-13(20(23)24)8-10(15)7-11(9-18)16(22)19-12-1-4-14(21)5-2-12/h1-8,21H,(H,19,22). The number of rotatable bonds is 4. The van der Waals surface area contributed by atoms with Crippen LogP contribution in [0, 0.1) is 21.4 Å². The maximum atomic E-state index is 12.1. The molecule has 0 fully saturated rings. The summed E-state index contributed by atoms with van der Waals surface area (Å²) in [6.07, 6.45) is 1.17. The number of carbonyl (C=O) groups is 1. The molecule has 7 nitrogen and oxygen atoms in total. The molecule has 120 valence electrons. The molecule has 0 radical (unpaired) electrons. The Labute approximate surface area is 141 Å². The van der Waals surface area contributed by atoms with Gasteiger partial charge in [0.1, 0.15) is 17.4 Å². The lowest BCUT2D eigenvalue weighted by Crippen LogP contribution is -2.13. The number of phenols is 1. The second-order valence-corrected chi connectivity index (χ2v) is 5.04. The van der Waals surface area contributed by atoms with Crippen LogP contribution in [0.4, 0.5) is 11.4 Å². The van der Waals surface area contributed by atoms with Gasteiger partial charge in [-0.2, -0.15) is 5.26 Å². The molecule has 0 unspecified atom stereocenters. The van der Waals surface area contributed by atoms with Crippen LogP contribution in [0.3, 0.4) is 0 Å². The summed E-state index contributed by atoms with van der Waals surface area (Å²) in [5, 5.41) is 31.8. The minimum atomic E-state index is -0.703. The first-order chi connectivity index (χ1) is 11.4. The number of halogens is 1. The highest BCUT2D eigenvalue weighted by Crippen LogP contribution is 2.24. The fraction of sp³-hybridized carbons (Fsp3) is 0. The van der Waals surface area contributed by atoms with E-state index in [1.165, 1.54) is 48.5 Å². The lowest BCUT2D eigenvalue weighted by Gasteiger charge is -2.05. The normalized spacial score (nSPS) is 10.8. The number of anilines is 1. The van der Waals surface area contributed by atoms with Gasteiger partial charge in [0.05, 0.1) is 4.92 Å². The summed E-state index contributed by atoms with van der Waals surface area (Å²) in [5.74, 6) is -0.668. The van der Waals surface area contributed by atoms with Crippen LogP contribution in [0.1, 0.15) is 5.56 Å². The Morgan fingerprint density at radius 2 is 1.96 bits per heavy atom. The first-order valence-corrected chi connectivity index (χ1v) is 6.94. The van der Waals surface area contributed by atoms with Crippen LogP contribution in [-0.4, -0.2) is 15.9 Å². The van der Waals surface area contributed by atoms with Crippen molar-refractivity contribution in [1.29, 1.82) is 5.26 Å². The van der Waals surface area contributed by atoms with Gasteiger partial charge in [0.2, 0.25) is 0 Å². The average Bonchev–Trinajstić information content (AvgIpc) is 2.55. The Morgan fingerprint density at radius 1 is 1.29 bits per heavy atom. The number of carbonyl (C=O) groups excluding carboxylic acids is 1. The van der Waals surface area contributed by atoms with E-state index in [0.717, 1.165) is 0 Å². The number of non-ortho nitro benzene ring substituents is 1. The van der Waals surface area contributed by atoms with E-state index in [0.29, 0.717) is 5.69 Å². The Balaban J connectivity index is 2.30. The van der Waals surface area contributed by atoms with E-state index >= 15 is 0 Å². The maximum Gasteiger partial charge on any atom is 0.270 e. The Morgan fingerprint density at radius 3 is 2.54 bits per heavy atom. The SMILES string of the molecule is N#CC(=Cc1cc([N+](=O)[O-])ccc1Cl)C(=O)Nc1ccc(O)cc1. The molecule has 0 heterocycles. The molecule has 0 aromatic heterocycles. The molecule has 0 spiro atoms. The van der Waals surface area contributed by atoms with E-state index in [9.17, 15) is 20.0 Å². The van der Waals surface area contributed by atoms with Crippen LogP contribution in [0.2, 0.25) is 5.02 Å². The van der Waals surface area contributed by atoms with Crippen LogP contribution in [0.25, 0.3) is 6.08 Å². The molecule has 2 aromatic carbocycles. The Kier molecular flexibility index (Phi) is 5.14. The smallest absolute Gasteiger partial charge is 0.270 e. The van der Waals surface area contributed by atoms with Gasteiger partial charge >= 0.3 is 0 Å². The molecule has 0 aliphatic carbocycles. The number of phenolic OH excluding ortho intramolecular Hbond substituents is 1. The van der Waals surface area contributed by atoms with Gasteiger partial charge in [-0.25, -0.2) is 0 Å². The van der Waals surface area contributed by atoms with Crippen molar-refractivity contribution < 1.29 is 14.8 Å². The van der Waals surface area contributed by atoms with Crippen molar-refractivity contribution in [1.82, 2.24) is 0 Å². The number of nitrogens with one attached hydrogen (secondary N) is 1. The quantitative estimate of drug-likeness (QED) is 0.290. The number of aromatic hydroxyl groups is 1. The molecule has 8 heteroatoms. The zero-order valence-corrected chi connectivity index (χ0v) is 12.8. The van der Waals surface area contributed by atoms with Crippen molar-refractivity contribution >= 4 is 35.0 Å².